The predicted octanol–water partition coefficient (Wildman–Crippen LogP) is 0.351. The lowest BCUT2D eigenvalue weighted by molar-refractivity contribution is -0.479. The largest absolute Gasteiger partial charge is 0.471 e. The van der Waals surface area contributed by atoms with Gasteiger partial charge in [0.1, 0.15) is 5.69 Å². The van der Waals surface area contributed by atoms with E-state index in [9.17, 15) is 22.8 Å². The molecule has 1 aliphatic heterocycles. The summed E-state index contributed by atoms with van der Waals surface area (Å²) < 4.78 is 37.7. The Morgan fingerprint density at radius 2 is 1.92 bits per heavy atom. The molecule has 1 aromatic carbocycles. The molecule has 136 valence electrons. The highest BCUT2D eigenvalue weighted by Crippen LogP contribution is 2.24. The van der Waals surface area contributed by atoms with Crippen molar-refractivity contribution >= 4 is 17.5 Å². The van der Waals surface area contributed by atoms with Gasteiger partial charge >= 0.3 is 18.0 Å². The Balaban J connectivity index is 2.09. The van der Waals surface area contributed by atoms with E-state index in [4.69, 9.17) is 5.73 Å². The van der Waals surface area contributed by atoms with Crippen molar-refractivity contribution in [1.82, 2.24) is 10.2 Å². The number of para-hydroxylation sites is 1. The highest BCUT2D eigenvalue weighted by molar-refractivity contribution is 5.86. The zero-order chi connectivity index (χ0) is 18.6. The van der Waals surface area contributed by atoms with Crippen LogP contribution in [0.2, 0.25) is 0 Å². The van der Waals surface area contributed by atoms with Gasteiger partial charge in [0.15, 0.2) is 5.70 Å². The van der Waals surface area contributed by atoms with Crippen molar-refractivity contribution < 1.29 is 28.1 Å². The molecule has 9 heteroatoms. The van der Waals surface area contributed by atoms with Gasteiger partial charge < -0.3 is 16.0 Å². The fourth-order valence-electron chi connectivity index (χ4n) is 2.63. The minimum Gasteiger partial charge on any atom is -0.389 e. The van der Waals surface area contributed by atoms with E-state index in [1.165, 1.54) is 5.32 Å². The molecule has 1 aromatic rings. The first-order valence-corrected chi connectivity index (χ1v) is 7.70. The second-order valence-electron chi connectivity index (χ2n) is 5.80. The molecular formula is C16H20F3N4O2+. The van der Waals surface area contributed by atoms with E-state index in [1.807, 2.05) is 6.07 Å². The molecule has 1 atom stereocenters. The van der Waals surface area contributed by atoms with Crippen molar-refractivity contribution in [3.63, 3.8) is 0 Å². The molecule has 1 heterocycles. The summed E-state index contributed by atoms with van der Waals surface area (Å²) >= 11 is 0. The van der Waals surface area contributed by atoms with Crippen LogP contribution >= 0.6 is 0 Å². The third-order valence-electron chi connectivity index (χ3n) is 4.05. The minimum atomic E-state index is -4.92. The van der Waals surface area contributed by atoms with Crippen molar-refractivity contribution in [1.29, 1.82) is 0 Å². The molecule has 0 bridgehead atoms. The van der Waals surface area contributed by atoms with Gasteiger partial charge in [-0.1, -0.05) is 18.2 Å². The lowest BCUT2D eigenvalue weighted by atomic mass is 10.0. The molecule has 0 saturated carbocycles. The van der Waals surface area contributed by atoms with E-state index in [0.29, 0.717) is 29.2 Å². The van der Waals surface area contributed by atoms with E-state index in [2.05, 4.69) is 5.32 Å². The van der Waals surface area contributed by atoms with E-state index in [0.717, 1.165) is 7.05 Å². The zero-order valence-electron chi connectivity index (χ0n) is 13.6. The highest BCUT2D eigenvalue weighted by atomic mass is 19.4. The van der Waals surface area contributed by atoms with Crippen LogP contribution in [0.25, 0.3) is 0 Å². The second-order valence-corrected chi connectivity index (χ2v) is 5.80. The number of carbonyl (C=O) groups is 2. The maximum Gasteiger partial charge on any atom is 0.471 e. The van der Waals surface area contributed by atoms with E-state index in [-0.39, 0.29) is 12.1 Å². The number of nitrogens with one attached hydrogen (secondary N) is 1. The Labute approximate surface area is 142 Å². The van der Waals surface area contributed by atoms with Crippen molar-refractivity contribution in [3.8, 4) is 0 Å². The smallest absolute Gasteiger partial charge is 0.389 e. The molecule has 2 amide bonds. The van der Waals surface area contributed by atoms with Gasteiger partial charge in [-0.15, -0.1) is 0 Å². The molecule has 1 saturated heterocycles. The number of carbonyl (C=O) groups excluding carboxylic acids is 2. The maximum atomic E-state index is 12.6. The fourth-order valence-corrected chi connectivity index (χ4v) is 2.63. The van der Waals surface area contributed by atoms with Crippen molar-refractivity contribution in [2.24, 2.45) is 5.73 Å². The Kier molecular flexibility index (Phi) is 5.68. The molecule has 2 rings (SSSR count). The van der Waals surface area contributed by atoms with Gasteiger partial charge in [-0.3, -0.25) is 4.79 Å². The standard InChI is InChI=1S/C16H19F3N4O2/c1-23(15(25)16(17,18)19)11-7-8-21-12(9-11)13(20)14(24)22-10-5-3-2-4-6-10/h2-6,11,21H,7-9,20H2,1H3,(H,22,24)/p+1/b13-12+. The summed E-state index contributed by atoms with van der Waals surface area (Å²) in [5.41, 5.74) is 6.85. The second kappa shape index (κ2) is 7.56. The Morgan fingerprint density at radius 3 is 2.52 bits per heavy atom. The van der Waals surface area contributed by atoms with E-state index >= 15 is 0 Å². The summed E-state index contributed by atoms with van der Waals surface area (Å²) in [6.07, 6.45) is -4.52. The van der Waals surface area contributed by atoms with Crippen LogP contribution in [0.15, 0.2) is 41.7 Å². The van der Waals surface area contributed by atoms with Gasteiger partial charge in [-0.05, 0) is 18.6 Å². The number of piperidine rings is 1. The number of nitrogens with zero attached hydrogens (tertiary/aromatic N) is 1. The molecule has 0 spiro atoms. The van der Waals surface area contributed by atoms with Crippen molar-refractivity contribution in [3.05, 3.63) is 41.7 Å². The molecule has 0 aromatic heterocycles. The first-order valence-electron chi connectivity index (χ1n) is 7.70. The number of alkyl halides is 3. The number of benzene rings is 1. The Hall–Kier alpha value is -2.55. The molecule has 6 nitrogen and oxygen atoms in total. The van der Waals surface area contributed by atoms with Crippen LogP contribution in [0.5, 0.6) is 0 Å². The molecule has 0 radical (unpaired) electrons. The van der Waals surface area contributed by atoms with Gasteiger partial charge in [0.25, 0.3) is 0 Å². The summed E-state index contributed by atoms with van der Waals surface area (Å²) in [5, 5.41) is 4.30. The first kappa shape index (κ1) is 18.8. The lowest BCUT2D eigenvalue weighted by Crippen LogP contribution is -2.83. The van der Waals surface area contributed by atoms with Gasteiger partial charge in [0, 0.05) is 31.8 Å². The predicted molar refractivity (Wildman–Crippen MR) is 84.1 cm³/mol. The maximum absolute atomic E-state index is 12.6. The van der Waals surface area contributed by atoms with Crippen LogP contribution in [0, 0.1) is 0 Å². The quantitative estimate of drug-likeness (QED) is 0.538. The molecule has 5 N–H and O–H groups in total. The van der Waals surface area contributed by atoms with Crippen LogP contribution in [0.4, 0.5) is 18.9 Å². The Bertz CT molecular complexity index is 674. The molecule has 0 aliphatic carbocycles. The van der Waals surface area contributed by atoms with Crippen LogP contribution in [-0.2, 0) is 9.59 Å². The zero-order valence-corrected chi connectivity index (χ0v) is 13.6. The number of hydrogen-bond acceptors (Lipinski definition) is 4. The molecular weight excluding hydrogens is 337 g/mol. The topological polar surface area (TPSA) is 92.0 Å². The molecule has 1 fully saturated rings. The molecule has 25 heavy (non-hydrogen) atoms. The summed E-state index contributed by atoms with van der Waals surface area (Å²) in [7, 11) is 1.11. The van der Waals surface area contributed by atoms with Gasteiger partial charge in [-0.2, -0.15) is 13.2 Å². The lowest BCUT2D eigenvalue weighted by Gasteiger charge is -2.33. The number of rotatable bonds is 3. The summed E-state index contributed by atoms with van der Waals surface area (Å²) in [5.74, 6) is -2.33. The van der Waals surface area contributed by atoms with Crippen LogP contribution in [0.1, 0.15) is 12.8 Å². The number of quaternary nitrogens is 1. The number of primary amides is 1. The van der Waals surface area contributed by atoms with Crippen LogP contribution in [0.3, 0.4) is 0 Å². The van der Waals surface area contributed by atoms with Crippen molar-refractivity contribution in [2.75, 3.05) is 13.6 Å². The van der Waals surface area contributed by atoms with Gasteiger partial charge in [-0.25, -0.2) is 10.1 Å². The average Bonchev–Trinajstić information content (AvgIpc) is 2.60. The van der Waals surface area contributed by atoms with Gasteiger partial charge in [0.2, 0.25) is 0 Å². The number of halogens is 3. The van der Waals surface area contributed by atoms with Crippen LogP contribution in [-0.4, -0.2) is 42.5 Å². The van der Waals surface area contributed by atoms with Crippen molar-refractivity contribution in [2.45, 2.75) is 25.1 Å². The number of amides is 2. The fraction of sp³-hybridized carbons (Fsp3) is 0.375. The molecule has 1 unspecified atom stereocenters. The monoisotopic (exact) mass is 357 g/mol. The van der Waals surface area contributed by atoms with Crippen LogP contribution < -0.4 is 16.4 Å². The van der Waals surface area contributed by atoms with Gasteiger partial charge in [0.05, 0.1) is 0 Å². The van der Waals surface area contributed by atoms with E-state index < -0.39 is 24.0 Å². The summed E-state index contributed by atoms with van der Waals surface area (Å²) in [4.78, 5) is 24.3. The highest BCUT2D eigenvalue weighted by Gasteiger charge is 2.43. The number of nitrogens with two attached hydrogens (primary N) is 2. The van der Waals surface area contributed by atoms with E-state index in [1.54, 1.807) is 24.3 Å². The Morgan fingerprint density at radius 1 is 1.28 bits per heavy atom. The summed E-state index contributed by atoms with van der Waals surface area (Å²) in [6, 6.07) is 8.16. The minimum absolute atomic E-state index is 0.0542. The normalized spacial score (nSPS) is 19.8. The third-order valence-corrected chi connectivity index (χ3v) is 4.05. The first-order chi connectivity index (χ1) is 11.7. The average molecular weight is 357 g/mol. The summed E-state index contributed by atoms with van der Waals surface area (Å²) in [6.45, 7) is 0.328. The molecule has 1 aliphatic rings. The number of hydrogen-bond donors (Lipinski definition) is 3. The third kappa shape index (κ3) is 4.72. The SMILES string of the molecule is CN(C(=O)C(F)(F)F)C1CCN/C(=C(/N)C(=O)[NH2+]c2ccccc2)C1.